The number of hydrazone groups is 1. The van der Waals surface area contributed by atoms with Gasteiger partial charge in [0.05, 0.1) is 11.8 Å². The van der Waals surface area contributed by atoms with Gasteiger partial charge < -0.3 is 10.1 Å². The molecule has 0 saturated carbocycles. The molecule has 4 aromatic rings. The van der Waals surface area contributed by atoms with E-state index in [2.05, 4.69) is 15.8 Å². The van der Waals surface area contributed by atoms with E-state index in [1.807, 2.05) is 12.1 Å². The summed E-state index contributed by atoms with van der Waals surface area (Å²) >= 11 is 0. The Balaban J connectivity index is 1.28. The fourth-order valence-electron chi connectivity index (χ4n) is 3.09. The Hall–Kier alpha value is -5.04. The molecule has 0 atom stereocenters. The molecule has 0 spiro atoms. The van der Waals surface area contributed by atoms with Crippen LogP contribution < -0.4 is 15.5 Å². The smallest absolute Gasteiger partial charge is 0.343 e. The van der Waals surface area contributed by atoms with Gasteiger partial charge in [-0.2, -0.15) is 5.10 Å². The molecular formula is C28H21N3O4. The Kier molecular flexibility index (Phi) is 7.40. The summed E-state index contributed by atoms with van der Waals surface area (Å²) in [6.45, 7) is 0. The van der Waals surface area contributed by atoms with E-state index in [1.165, 1.54) is 6.21 Å². The molecule has 0 saturated heterocycles. The summed E-state index contributed by atoms with van der Waals surface area (Å²) in [5, 5.41) is 6.75. The fraction of sp³-hybridized carbons (Fsp3) is 0. The van der Waals surface area contributed by atoms with Crippen LogP contribution in [-0.2, 0) is 0 Å². The first-order valence-corrected chi connectivity index (χ1v) is 10.8. The first kappa shape index (κ1) is 23.1. The van der Waals surface area contributed by atoms with Crippen LogP contribution >= 0.6 is 0 Å². The summed E-state index contributed by atoms with van der Waals surface area (Å²) in [5.74, 6) is -0.659. The third-order valence-electron chi connectivity index (χ3n) is 4.92. The SMILES string of the molecule is O=C(N/N=C\c1ccc(OC(=O)c2ccccc2)cc1)c1ccc(NC(=O)c2ccccc2)cc1. The lowest BCUT2D eigenvalue weighted by molar-refractivity contribution is 0.0734. The maximum atomic E-state index is 12.3. The van der Waals surface area contributed by atoms with E-state index in [1.54, 1.807) is 97.1 Å². The first-order chi connectivity index (χ1) is 17.1. The molecule has 0 heterocycles. The molecule has 4 aromatic carbocycles. The van der Waals surface area contributed by atoms with Crippen LogP contribution in [0.1, 0.15) is 36.6 Å². The van der Waals surface area contributed by atoms with Gasteiger partial charge in [-0.05, 0) is 78.4 Å². The summed E-state index contributed by atoms with van der Waals surface area (Å²) in [4.78, 5) is 36.6. The van der Waals surface area contributed by atoms with Gasteiger partial charge in [-0.15, -0.1) is 0 Å². The zero-order valence-electron chi connectivity index (χ0n) is 18.5. The molecule has 0 unspecified atom stereocenters. The zero-order chi connectivity index (χ0) is 24.5. The molecule has 0 aliphatic carbocycles. The van der Waals surface area contributed by atoms with Crippen molar-refractivity contribution in [2.45, 2.75) is 0 Å². The van der Waals surface area contributed by atoms with Crippen molar-refractivity contribution in [2.75, 3.05) is 5.32 Å². The standard InChI is InChI=1S/C28H21N3O4/c32-26(21-7-3-1-4-8-21)30-24-15-13-22(14-16-24)27(33)31-29-19-20-11-17-25(18-12-20)35-28(34)23-9-5-2-6-10-23/h1-19H,(H,30,32)(H,31,33)/b29-19-. The summed E-state index contributed by atoms with van der Waals surface area (Å²) in [7, 11) is 0. The number of benzene rings is 4. The van der Waals surface area contributed by atoms with Crippen molar-refractivity contribution in [1.82, 2.24) is 5.43 Å². The highest BCUT2D eigenvalue weighted by molar-refractivity contribution is 6.04. The van der Waals surface area contributed by atoms with Gasteiger partial charge in [0.2, 0.25) is 0 Å². The maximum Gasteiger partial charge on any atom is 0.343 e. The highest BCUT2D eigenvalue weighted by Crippen LogP contribution is 2.14. The van der Waals surface area contributed by atoms with Crippen molar-refractivity contribution in [2.24, 2.45) is 5.10 Å². The molecule has 0 fully saturated rings. The van der Waals surface area contributed by atoms with Crippen molar-refractivity contribution in [1.29, 1.82) is 0 Å². The molecule has 2 amide bonds. The lowest BCUT2D eigenvalue weighted by Crippen LogP contribution is -2.17. The first-order valence-electron chi connectivity index (χ1n) is 10.8. The molecule has 2 N–H and O–H groups in total. The van der Waals surface area contributed by atoms with Crippen LogP contribution in [0.3, 0.4) is 0 Å². The Morgan fingerprint density at radius 1 is 0.629 bits per heavy atom. The molecule has 0 aliphatic rings. The monoisotopic (exact) mass is 463 g/mol. The third-order valence-corrected chi connectivity index (χ3v) is 4.92. The predicted molar refractivity (Wildman–Crippen MR) is 134 cm³/mol. The minimum atomic E-state index is -0.440. The zero-order valence-corrected chi connectivity index (χ0v) is 18.5. The summed E-state index contributed by atoms with van der Waals surface area (Å²) in [5.41, 5.74) is 5.15. The highest BCUT2D eigenvalue weighted by Gasteiger charge is 2.09. The van der Waals surface area contributed by atoms with Gasteiger partial charge in [-0.1, -0.05) is 36.4 Å². The fourth-order valence-corrected chi connectivity index (χ4v) is 3.09. The van der Waals surface area contributed by atoms with E-state index in [0.29, 0.717) is 33.7 Å². The lowest BCUT2D eigenvalue weighted by atomic mass is 10.1. The molecule has 7 heteroatoms. The van der Waals surface area contributed by atoms with E-state index < -0.39 is 11.9 Å². The Morgan fingerprint density at radius 3 is 1.83 bits per heavy atom. The van der Waals surface area contributed by atoms with E-state index in [4.69, 9.17) is 4.74 Å². The van der Waals surface area contributed by atoms with Gasteiger partial charge in [-0.3, -0.25) is 9.59 Å². The van der Waals surface area contributed by atoms with Crippen LogP contribution in [0.5, 0.6) is 5.75 Å². The largest absolute Gasteiger partial charge is 0.423 e. The van der Waals surface area contributed by atoms with Gasteiger partial charge in [0.25, 0.3) is 11.8 Å². The summed E-state index contributed by atoms with van der Waals surface area (Å²) in [6.07, 6.45) is 1.48. The van der Waals surface area contributed by atoms with Crippen LogP contribution in [0.25, 0.3) is 0 Å². The Morgan fingerprint density at radius 2 is 1.20 bits per heavy atom. The van der Waals surface area contributed by atoms with Crippen LogP contribution in [-0.4, -0.2) is 24.0 Å². The number of rotatable bonds is 7. The highest BCUT2D eigenvalue weighted by atomic mass is 16.5. The number of carbonyl (C=O) groups excluding carboxylic acids is 3. The number of nitrogens with zero attached hydrogens (tertiary/aromatic N) is 1. The topological polar surface area (TPSA) is 96.9 Å². The summed E-state index contributed by atoms with van der Waals surface area (Å²) in [6, 6.07) is 30.8. The van der Waals surface area contributed by atoms with Gasteiger partial charge >= 0.3 is 5.97 Å². The molecule has 0 aromatic heterocycles. The van der Waals surface area contributed by atoms with E-state index in [9.17, 15) is 14.4 Å². The maximum absolute atomic E-state index is 12.3. The number of nitrogens with one attached hydrogen (secondary N) is 2. The number of ether oxygens (including phenoxy) is 1. The third kappa shape index (κ3) is 6.49. The van der Waals surface area contributed by atoms with Gasteiger partial charge in [-0.25, -0.2) is 10.2 Å². The average molecular weight is 463 g/mol. The second kappa shape index (κ2) is 11.2. The van der Waals surface area contributed by atoms with Crippen LogP contribution in [0.15, 0.2) is 114 Å². The van der Waals surface area contributed by atoms with Crippen LogP contribution in [0.2, 0.25) is 0 Å². The van der Waals surface area contributed by atoms with Crippen LogP contribution in [0, 0.1) is 0 Å². The molecule has 35 heavy (non-hydrogen) atoms. The normalized spacial score (nSPS) is 10.5. The molecular weight excluding hydrogens is 442 g/mol. The van der Waals surface area contributed by atoms with Crippen molar-refractivity contribution >= 4 is 29.7 Å². The van der Waals surface area contributed by atoms with Crippen LogP contribution in [0.4, 0.5) is 5.69 Å². The molecule has 0 bridgehead atoms. The quantitative estimate of drug-likeness (QED) is 0.176. The minimum absolute atomic E-state index is 0.228. The van der Waals surface area contributed by atoms with E-state index in [0.717, 1.165) is 0 Å². The molecule has 7 nitrogen and oxygen atoms in total. The van der Waals surface area contributed by atoms with Gasteiger partial charge in [0, 0.05) is 16.8 Å². The van der Waals surface area contributed by atoms with E-state index >= 15 is 0 Å². The molecule has 4 rings (SSSR count). The average Bonchev–Trinajstić information content (AvgIpc) is 2.91. The lowest BCUT2D eigenvalue weighted by Gasteiger charge is -2.06. The molecule has 0 aliphatic heterocycles. The number of amides is 2. The van der Waals surface area contributed by atoms with Gasteiger partial charge in [0.15, 0.2) is 0 Å². The second-order valence-corrected chi connectivity index (χ2v) is 7.42. The number of esters is 1. The predicted octanol–water partition coefficient (Wildman–Crippen LogP) is 4.92. The number of hydrogen-bond acceptors (Lipinski definition) is 5. The van der Waals surface area contributed by atoms with Crippen molar-refractivity contribution in [3.8, 4) is 5.75 Å². The van der Waals surface area contributed by atoms with Crippen molar-refractivity contribution in [3.63, 3.8) is 0 Å². The van der Waals surface area contributed by atoms with Crippen molar-refractivity contribution in [3.05, 3.63) is 131 Å². The number of carbonyl (C=O) groups is 3. The Labute approximate surface area is 202 Å². The second-order valence-electron chi connectivity index (χ2n) is 7.42. The summed E-state index contributed by atoms with van der Waals surface area (Å²) < 4.78 is 5.34. The number of anilines is 1. The Bertz CT molecular complexity index is 1330. The molecule has 172 valence electrons. The number of hydrogen-bond donors (Lipinski definition) is 2. The van der Waals surface area contributed by atoms with E-state index in [-0.39, 0.29) is 5.91 Å². The van der Waals surface area contributed by atoms with Gasteiger partial charge in [0.1, 0.15) is 5.75 Å². The molecule has 0 radical (unpaired) electrons. The minimum Gasteiger partial charge on any atom is -0.423 e. The van der Waals surface area contributed by atoms with Crippen molar-refractivity contribution < 1.29 is 19.1 Å².